The lowest BCUT2D eigenvalue weighted by Crippen LogP contribution is -2.47. The molecule has 2 aromatic carbocycles. The van der Waals surface area contributed by atoms with E-state index in [9.17, 15) is 4.79 Å². The van der Waals surface area contributed by atoms with E-state index in [2.05, 4.69) is 27.2 Å². The van der Waals surface area contributed by atoms with E-state index in [0.29, 0.717) is 6.54 Å². The monoisotopic (exact) mass is 397 g/mol. The lowest BCUT2D eigenvalue weighted by molar-refractivity contribution is -0.123. The number of carbonyl (C=O) groups excluding carboxylic acids is 1. The van der Waals surface area contributed by atoms with E-state index in [0.717, 1.165) is 61.9 Å². The average molecular weight is 398 g/mol. The summed E-state index contributed by atoms with van der Waals surface area (Å²) in [4.78, 5) is 16.8. The van der Waals surface area contributed by atoms with Gasteiger partial charge in [0.25, 0.3) is 5.91 Å². The van der Waals surface area contributed by atoms with Gasteiger partial charge in [-0.25, -0.2) is 0 Å². The Bertz CT molecular complexity index is 788. The number of amides is 1. The maximum atomic E-state index is 12.0. The van der Waals surface area contributed by atoms with Crippen molar-refractivity contribution in [3.63, 3.8) is 0 Å². The summed E-state index contributed by atoms with van der Waals surface area (Å²) in [6, 6.07) is 15.9. The van der Waals surface area contributed by atoms with Crippen molar-refractivity contribution in [3.8, 4) is 11.5 Å². The maximum Gasteiger partial charge on any atom is 0.257 e. The quantitative estimate of drug-likeness (QED) is 0.660. The van der Waals surface area contributed by atoms with Crippen molar-refractivity contribution < 1.29 is 14.3 Å². The number of hydrogen-bond donors (Lipinski definition) is 1. The summed E-state index contributed by atoms with van der Waals surface area (Å²) in [6.45, 7) is 7.68. The fourth-order valence-corrected chi connectivity index (χ4v) is 3.55. The van der Waals surface area contributed by atoms with Gasteiger partial charge in [0.15, 0.2) is 6.61 Å². The normalized spacial score (nSPS) is 14.5. The smallest absolute Gasteiger partial charge is 0.257 e. The number of nitrogens with one attached hydrogen (secondary N) is 1. The number of benzene rings is 2. The summed E-state index contributed by atoms with van der Waals surface area (Å²) in [7, 11) is 1.72. The van der Waals surface area contributed by atoms with Gasteiger partial charge in [-0.05, 0) is 43.7 Å². The first-order valence-corrected chi connectivity index (χ1v) is 10.2. The number of nitrogens with zero attached hydrogens (tertiary/aromatic N) is 2. The highest BCUT2D eigenvalue weighted by Crippen LogP contribution is 2.28. The Balaban J connectivity index is 1.31. The van der Waals surface area contributed by atoms with Gasteiger partial charge in [-0.1, -0.05) is 30.3 Å². The van der Waals surface area contributed by atoms with Crippen LogP contribution in [-0.2, 0) is 4.79 Å². The van der Waals surface area contributed by atoms with Crippen molar-refractivity contribution in [1.82, 2.24) is 10.2 Å². The maximum absolute atomic E-state index is 12.0. The topological polar surface area (TPSA) is 54.0 Å². The van der Waals surface area contributed by atoms with Crippen molar-refractivity contribution in [3.05, 3.63) is 54.1 Å². The number of para-hydroxylation sites is 3. The molecule has 0 aromatic heterocycles. The van der Waals surface area contributed by atoms with Gasteiger partial charge in [-0.3, -0.25) is 9.69 Å². The minimum Gasteiger partial charge on any atom is -0.495 e. The number of anilines is 1. The molecule has 0 radical (unpaired) electrons. The van der Waals surface area contributed by atoms with E-state index >= 15 is 0 Å². The van der Waals surface area contributed by atoms with Gasteiger partial charge in [0.1, 0.15) is 11.5 Å². The van der Waals surface area contributed by atoms with Crippen LogP contribution in [0.5, 0.6) is 11.5 Å². The molecule has 1 fully saturated rings. The molecule has 0 unspecified atom stereocenters. The molecule has 29 heavy (non-hydrogen) atoms. The summed E-state index contributed by atoms with van der Waals surface area (Å²) < 4.78 is 11.1. The van der Waals surface area contributed by atoms with Gasteiger partial charge in [0, 0.05) is 32.7 Å². The molecule has 1 amide bonds. The molecule has 0 atom stereocenters. The largest absolute Gasteiger partial charge is 0.495 e. The predicted molar refractivity (Wildman–Crippen MR) is 116 cm³/mol. The van der Waals surface area contributed by atoms with Crippen molar-refractivity contribution in [2.75, 3.05) is 57.9 Å². The van der Waals surface area contributed by atoms with Gasteiger partial charge in [0.05, 0.1) is 12.8 Å². The Morgan fingerprint density at radius 3 is 2.41 bits per heavy atom. The zero-order valence-corrected chi connectivity index (χ0v) is 17.4. The number of piperazine rings is 1. The standard InChI is InChI=1S/C23H31N3O3/c1-19-8-3-5-10-21(19)29-18-23(27)24-12-7-13-25-14-16-26(17-15-25)20-9-4-6-11-22(20)28-2/h3-6,8-11H,7,12-18H2,1-2H3,(H,24,27). The van der Waals surface area contributed by atoms with Crippen LogP contribution in [0.4, 0.5) is 5.69 Å². The molecule has 1 saturated heterocycles. The first-order valence-electron chi connectivity index (χ1n) is 10.2. The molecule has 156 valence electrons. The summed E-state index contributed by atoms with van der Waals surface area (Å²) >= 11 is 0. The first-order chi connectivity index (χ1) is 14.2. The first kappa shape index (κ1) is 21.0. The molecule has 0 bridgehead atoms. The van der Waals surface area contributed by atoms with E-state index in [1.165, 1.54) is 0 Å². The van der Waals surface area contributed by atoms with Crippen LogP contribution in [0.2, 0.25) is 0 Å². The second kappa shape index (κ2) is 10.7. The number of aryl methyl sites for hydroxylation is 1. The Morgan fingerprint density at radius 2 is 1.69 bits per heavy atom. The molecule has 6 heteroatoms. The Hall–Kier alpha value is -2.73. The zero-order valence-electron chi connectivity index (χ0n) is 17.4. The van der Waals surface area contributed by atoms with Crippen LogP contribution in [0.25, 0.3) is 0 Å². The van der Waals surface area contributed by atoms with Crippen LogP contribution < -0.4 is 19.7 Å². The van der Waals surface area contributed by atoms with E-state index in [-0.39, 0.29) is 12.5 Å². The molecule has 1 heterocycles. The van der Waals surface area contributed by atoms with Crippen LogP contribution in [0.1, 0.15) is 12.0 Å². The van der Waals surface area contributed by atoms with Crippen LogP contribution in [0.15, 0.2) is 48.5 Å². The number of hydrogen-bond acceptors (Lipinski definition) is 5. The molecule has 6 nitrogen and oxygen atoms in total. The predicted octanol–water partition coefficient (Wildman–Crippen LogP) is 2.71. The van der Waals surface area contributed by atoms with E-state index in [1.807, 2.05) is 43.3 Å². The third-order valence-electron chi connectivity index (χ3n) is 5.22. The van der Waals surface area contributed by atoms with Gasteiger partial charge in [-0.2, -0.15) is 0 Å². The molecule has 0 spiro atoms. The van der Waals surface area contributed by atoms with Crippen LogP contribution >= 0.6 is 0 Å². The van der Waals surface area contributed by atoms with Gasteiger partial charge < -0.3 is 19.7 Å². The third kappa shape index (κ3) is 6.12. The third-order valence-corrected chi connectivity index (χ3v) is 5.22. The Kier molecular flexibility index (Phi) is 7.76. The zero-order chi connectivity index (χ0) is 20.5. The van der Waals surface area contributed by atoms with Gasteiger partial charge in [-0.15, -0.1) is 0 Å². The van der Waals surface area contributed by atoms with E-state index in [1.54, 1.807) is 7.11 Å². The second-order valence-corrected chi connectivity index (χ2v) is 7.26. The molecule has 2 aromatic rings. The summed E-state index contributed by atoms with van der Waals surface area (Å²) in [5.41, 5.74) is 2.20. The van der Waals surface area contributed by atoms with E-state index < -0.39 is 0 Å². The molecular formula is C23H31N3O3. The highest BCUT2D eigenvalue weighted by Gasteiger charge is 2.19. The minimum absolute atomic E-state index is 0.0580. The Labute approximate surface area is 173 Å². The molecular weight excluding hydrogens is 366 g/mol. The fourth-order valence-electron chi connectivity index (χ4n) is 3.55. The lowest BCUT2D eigenvalue weighted by Gasteiger charge is -2.36. The summed E-state index contributed by atoms with van der Waals surface area (Å²) in [5.74, 6) is 1.61. The number of ether oxygens (including phenoxy) is 2. The molecule has 0 aliphatic carbocycles. The lowest BCUT2D eigenvalue weighted by atomic mass is 10.2. The molecule has 1 aliphatic heterocycles. The molecule has 0 saturated carbocycles. The fraction of sp³-hybridized carbons (Fsp3) is 0.435. The minimum atomic E-state index is -0.0748. The highest BCUT2D eigenvalue weighted by molar-refractivity contribution is 5.77. The SMILES string of the molecule is COc1ccccc1N1CCN(CCCNC(=O)COc2ccccc2C)CC1. The molecule has 3 rings (SSSR count). The molecule has 1 N–H and O–H groups in total. The molecule has 1 aliphatic rings. The van der Waals surface area contributed by atoms with Gasteiger partial charge >= 0.3 is 0 Å². The van der Waals surface area contributed by atoms with Crippen molar-refractivity contribution in [1.29, 1.82) is 0 Å². The van der Waals surface area contributed by atoms with Crippen LogP contribution in [-0.4, -0.2) is 63.8 Å². The Morgan fingerprint density at radius 1 is 1.00 bits per heavy atom. The van der Waals surface area contributed by atoms with Crippen LogP contribution in [0, 0.1) is 6.92 Å². The average Bonchev–Trinajstić information content (AvgIpc) is 2.76. The summed E-state index contributed by atoms with van der Waals surface area (Å²) in [6.07, 6.45) is 0.935. The van der Waals surface area contributed by atoms with Crippen molar-refractivity contribution in [2.24, 2.45) is 0 Å². The van der Waals surface area contributed by atoms with Gasteiger partial charge in [0.2, 0.25) is 0 Å². The van der Waals surface area contributed by atoms with E-state index in [4.69, 9.17) is 9.47 Å². The second-order valence-electron chi connectivity index (χ2n) is 7.26. The van der Waals surface area contributed by atoms with Crippen LogP contribution in [0.3, 0.4) is 0 Å². The number of rotatable bonds is 9. The number of carbonyl (C=O) groups is 1. The van der Waals surface area contributed by atoms with Crippen molar-refractivity contribution >= 4 is 11.6 Å². The number of methoxy groups -OCH3 is 1. The van der Waals surface area contributed by atoms with Crippen molar-refractivity contribution in [2.45, 2.75) is 13.3 Å². The summed E-state index contributed by atoms with van der Waals surface area (Å²) in [5, 5.41) is 2.94. The highest BCUT2D eigenvalue weighted by atomic mass is 16.5.